The first-order valence-electron chi connectivity index (χ1n) is 9.65. The number of aromatic amines is 1. The molecule has 9 nitrogen and oxygen atoms in total. The van der Waals surface area contributed by atoms with Crippen LogP contribution in [-0.2, 0) is 10.0 Å². The lowest BCUT2D eigenvalue weighted by Gasteiger charge is -2.34. The van der Waals surface area contributed by atoms with Crippen LogP contribution in [0.4, 0.5) is 0 Å². The fourth-order valence-electron chi connectivity index (χ4n) is 3.64. The average molecular weight is 463 g/mol. The molecular formula is C20H22N4O5S2. The number of H-pyrrole nitrogens is 1. The Balaban J connectivity index is 1.52. The predicted molar refractivity (Wildman–Crippen MR) is 117 cm³/mol. The van der Waals surface area contributed by atoms with Gasteiger partial charge in [0.2, 0.25) is 0 Å². The van der Waals surface area contributed by atoms with Crippen molar-refractivity contribution in [1.82, 2.24) is 19.2 Å². The van der Waals surface area contributed by atoms with Crippen molar-refractivity contribution >= 4 is 38.2 Å². The molecule has 3 aromatic rings. The molecule has 1 aromatic carbocycles. The molecule has 0 radical (unpaired) electrons. The lowest BCUT2D eigenvalue weighted by atomic mass is 10.1. The molecule has 31 heavy (non-hydrogen) atoms. The minimum atomic E-state index is -3.77. The number of hydrogen-bond donors (Lipinski definition) is 1. The van der Waals surface area contributed by atoms with Gasteiger partial charge in [0, 0.05) is 43.3 Å². The lowest BCUT2D eigenvalue weighted by Crippen LogP contribution is -2.50. The molecule has 4 rings (SSSR count). The molecule has 1 N–H and O–H groups in total. The van der Waals surface area contributed by atoms with Crippen LogP contribution in [-0.4, -0.2) is 66.8 Å². The van der Waals surface area contributed by atoms with E-state index in [1.54, 1.807) is 25.9 Å². The Morgan fingerprint density at radius 3 is 2.48 bits per heavy atom. The predicted octanol–water partition coefficient (Wildman–Crippen LogP) is 1.76. The van der Waals surface area contributed by atoms with Crippen molar-refractivity contribution in [3.05, 3.63) is 50.9 Å². The lowest BCUT2D eigenvalue weighted by molar-refractivity contribution is 0.0697. The smallest absolute Gasteiger partial charge is 0.305 e. The van der Waals surface area contributed by atoms with E-state index >= 15 is 0 Å². The molecule has 1 aliphatic rings. The SMILES string of the molecule is COc1ccc2cc(C(=O)N3CCN(S(=O)(=O)c4sc(=O)[nH]c4C)CC3)c(C)nc2c1. The second-order valence-corrected chi connectivity index (χ2v) is 10.4. The quantitative estimate of drug-likeness (QED) is 0.632. The molecule has 1 amide bonds. The third kappa shape index (κ3) is 3.95. The van der Waals surface area contributed by atoms with Gasteiger partial charge >= 0.3 is 4.87 Å². The molecule has 0 spiro atoms. The topological polar surface area (TPSA) is 113 Å². The summed E-state index contributed by atoms with van der Waals surface area (Å²) in [5, 5.41) is 0.828. The molecule has 0 atom stereocenters. The van der Waals surface area contributed by atoms with Crippen molar-refractivity contribution in [1.29, 1.82) is 0 Å². The van der Waals surface area contributed by atoms with Crippen LogP contribution in [0.25, 0.3) is 10.9 Å². The Bertz CT molecular complexity index is 1320. The number of nitrogens with one attached hydrogen (secondary N) is 1. The maximum Gasteiger partial charge on any atom is 0.305 e. The molecular weight excluding hydrogens is 440 g/mol. The van der Waals surface area contributed by atoms with Gasteiger partial charge in [0.05, 0.1) is 23.9 Å². The van der Waals surface area contributed by atoms with Crippen LogP contribution in [0.15, 0.2) is 33.3 Å². The van der Waals surface area contributed by atoms with Gasteiger partial charge in [0.25, 0.3) is 15.9 Å². The summed E-state index contributed by atoms with van der Waals surface area (Å²) >= 11 is 0.686. The number of carbonyl (C=O) groups is 1. The van der Waals surface area contributed by atoms with E-state index in [1.807, 2.05) is 24.3 Å². The number of nitrogens with zero attached hydrogens (tertiary/aromatic N) is 3. The van der Waals surface area contributed by atoms with Crippen LogP contribution in [0.3, 0.4) is 0 Å². The number of ether oxygens (including phenoxy) is 1. The maximum absolute atomic E-state index is 13.1. The first-order chi connectivity index (χ1) is 14.7. The maximum atomic E-state index is 13.1. The van der Waals surface area contributed by atoms with Gasteiger partial charge in [-0.05, 0) is 32.0 Å². The summed E-state index contributed by atoms with van der Waals surface area (Å²) in [5.41, 5.74) is 2.18. The Labute approximate surface area is 183 Å². The Kier molecular flexibility index (Phi) is 5.58. The van der Waals surface area contributed by atoms with Gasteiger partial charge in [-0.1, -0.05) is 11.3 Å². The van der Waals surface area contributed by atoms with Crippen molar-refractivity contribution < 1.29 is 17.9 Å². The summed E-state index contributed by atoms with van der Waals surface area (Å²) in [4.78, 5) is 32.9. The zero-order chi connectivity index (χ0) is 22.3. The van der Waals surface area contributed by atoms with E-state index in [2.05, 4.69) is 9.97 Å². The molecule has 1 aliphatic heterocycles. The largest absolute Gasteiger partial charge is 0.497 e. The Hall–Kier alpha value is -2.76. The summed E-state index contributed by atoms with van der Waals surface area (Å²) in [5.74, 6) is 0.515. The average Bonchev–Trinajstić information content (AvgIpc) is 3.11. The number of methoxy groups -OCH3 is 1. The highest BCUT2D eigenvalue weighted by atomic mass is 32.2. The van der Waals surface area contributed by atoms with E-state index < -0.39 is 14.9 Å². The highest BCUT2D eigenvalue weighted by Gasteiger charge is 2.33. The first kappa shape index (κ1) is 21.5. The molecule has 11 heteroatoms. The number of aromatic nitrogens is 2. The normalized spacial score (nSPS) is 15.4. The van der Waals surface area contributed by atoms with Gasteiger partial charge in [0.15, 0.2) is 4.21 Å². The summed E-state index contributed by atoms with van der Waals surface area (Å²) in [6.45, 7) is 4.19. The molecule has 1 saturated heterocycles. The van der Waals surface area contributed by atoms with E-state index in [0.29, 0.717) is 34.0 Å². The van der Waals surface area contributed by atoms with E-state index in [1.165, 1.54) is 4.31 Å². The molecule has 0 saturated carbocycles. The highest BCUT2D eigenvalue weighted by molar-refractivity contribution is 7.91. The zero-order valence-corrected chi connectivity index (χ0v) is 19.0. The highest BCUT2D eigenvalue weighted by Crippen LogP contribution is 2.25. The van der Waals surface area contributed by atoms with Crippen LogP contribution in [0.2, 0.25) is 0 Å². The Morgan fingerprint density at radius 1 is 1.16 bits per heavy atom. The van der Waals surface area contributed by atoms with Gasteiger partial charge < -0.3 is 14.6 Å². The van der Waals surface area contributed by atoms with Crippen LogP contribution >= 0.6 is 11.3 Å². The van der Waals surface area contributed by atoms with E-state index in [9.17, 15) is 18.0 Å². The molecule has 2 aromatic heterocycles. The molecule has 164 valence electrons. The van der Waals surface area contributed by atoms with E-state index in [0.717, 1.165) is 10.9 Å². The number of carbonyl (C=O) groups excluding carboxylic acids is 1. The number of rotatable bonds is 4. The number of pyridine rings is 1. The molecule has 1 fully saturated rings. The number of thiazole rings is 1. The summed E-state index contributed by atoms with van der Waals surface area (Å²) < 4.78 is 32.3. The molecule has 0 aliphatic carbocycles. The van der Waals surface area contributed by atoms with Crippen molar-refractivity contribution in [3.63, 3.8) is 0 Å². The Morgan fingerprint density at radius 2 is 1.87 bits per heavy atom. The first-order valence-corrected chi connectivity index (χ1v) is 11.9. The number of aryl methyl sites for hydroxylation is 2. The second-order valence-electron chi connectivity index (χ2n) is 7.30. The minimum Gasteiger partial charge on any atom is -0.497 e. The summed E-state index contributed by atoms with van der Waals surface area (Å²) in [6, 6.07) is 7.29. The van der Waals surface area contributed by atoms with Crippen molar-refractivity contribution in [2.75, 3.05) is 33.3 Å². The van der Waals surface area contributed by atoms with Gasteiger partial charge in [-0.3, -0.25) is 14.6 Å². The van der Waals surface area contributed by atoms with Crippen LogP contribution < -0.4 is 9.61 Å². The fourth-order valence-corrected chi connectivity index (χ4v) is 6.50. The fraction of sp³-hybridized carbons (Fsp3) is 0.350. The second kappa shape index (κ2) is 8.06. The standard InChI is InChI=1S/C20H22N4O5S2/c1-12-16(10-14-4-5-15(29-3)11-17(14)21-12)18(25)23-6-8-24(9-7-23)31(27,28)19-13(2)22-20(26)30-19/h4-5,10-11H,6-9H2,1-3H3,(H,22,26). The van der Waals surface area contributed by atoms with E-state index in [-0.39, 0.29) is 36.3 Å². The number of amides is 1. The number of piperazine rings is 1. The van der Waals surface area contributed by atoms with Gasteiger partial charge in [-0.15, -0.1) is 0 Å². The van der Waals surface area contributed by atoms with Gasteiger partial charge in [0.1, 0.15) is 5.75 Å². The van der Waals surface area contributed by atoms with Crippen molar-refractivity contribution in [3.8, 4) is 5.75 Å². The van der Waals surface area contributed by atoms with Crippen molar-refractivity contribution in [2.45, 2.75) is 18.1 Å². The van der Waals surface area contributed by atoms with Crippen LogP contribution in [0.1, 0.15) is 21.7 Å². The van der Waals surface area contributed by atoms with Crippen LogP contribution in [0, 0.1) is 13.8 Å². The third-order valence-corrected chi connectivity index (χ3v) is 8.81. The number of fused-ring (bicyclic) bond motifs is 1. The van der Waals surface area contributed by atoms with Gasteiger partial charge in [-0.25, -0.2) is 8.42 Å². The zero-order valence-electron chi connectivity index (χ0n) is 17.3. The van der Waals surface area contributed by atoms with Crippen LogP contribution in [0.5, 0.6) is 5.75 Å². The summed E-state index contributed by atoms with van der Waals surface area (Å²) in [7, 11) is -2.18. The minimum absolute atomic E-state index is 0.0299. The van der Waals surface area contributed by atoms with Crippen molar-refractivity contribution in [2.24, 2.45) is 0 Å². The molecule has 0 bridgehead atoms. The van der Waals surface area contributed by atoms with E-state index in [4.69, 9.17) is 4.74 Å². The molecule has 3 heterocycles. The monoisotopic (exact) mass is 462 g/mol. The number of benzene rings is 1. The summed E-state index contributed by atoms with van der Waals surface area (Å²) in [6.07, 6.45) is 0. The number of hydrogen-bond acceptors (Lipinski definition) is 7. The third-order valence-electron chi connectivity index (χ3n) is 5.33. The number of sulfonamides is 1. The van der Waals surface area contributed by atoms with Gasteiger partial charge in [-0.2, -0.15) is 4.31 Å². The molecule has 0 unspecified atom stereocenters.